The molecule has 1 fully saturated rings. The maximum absolute atomic E-state index is 12.4. The summed E-state index contributed by atoms with van der Waals surface area (Å²) >= 11 is 0. The van der Waals surface area contributed by atoms with Gasteiger partial charge in [-0.2, -0.15) is 0 Å². The summed E-state index contributed by atoms with van der Waals surface area (Å²) in [6, 6.07) is -0.0864. The van der Waals surface area contributed by atoms with Crippen LogP contribution in [0.5, 0.6) is 0 Å². The molecule has 0 aromatic carbocycles. The molecule has 19 heavy (non-hydrogen) atoms. The minimum Gasteiger partial charge on any atom is -0.480 e. The van der Waals surface area contributed by atoms with Gasteiger partial charge in [0.15, 0.2) is 0 Å². The van der Waals surface area contributed by atoms with Gasteiger partial charge < -0.3 is 20.0 Å². The van der Waals surface area contributed by atoms with Gasteiger partial charge in [-0.05, 0) is 39.5 Å². The van der Waals surface area contributed by atoms with Crippen LogP contribution in [0.15, 0.2) is 0 Å². The standard InChI is InChI=1S/C13H24N2O4/c1-13(2,11(17)18)14(3)12(19)15(8-5-9-16)10-6-4-7-10/h10,16H,4-9H2,1-3H3,(H,17,18). The number of rotatable bonds is 6. The number of aliphatic carboxylic acids is 1. The largest absolute Gasteiger partial charge is 0.480 e. The van der Waals surface area contributed by atoms with Gasteiger partial charge in [0.25, 0.3) is 0 Å². The minimum atomic E-state index is -1.24. The molecule has 0 aromatic rings. The Hall–Kier alpha value is -1.30. The first-order chi connectivity index (χ1) is 8.82. The van der Waals surface area contributed by atoms with E-state index in [9.17, 15) is 14.7 Å². The van der Waals surface area contributed by atoms with Crippen molar-refractivity contribution in [2.45, 2.75) is 51.1 Å². The lowest BCUT2D eigenvalue weighted by Gasteiger charge is -2.42. The number of hydrogen-bond acceptors (Lipinski definition) is 3. The summed E-state index contributed by atoms with van der Waals surface area (Å²) in [6.45, 7) is 3.53. The Bertz CT molecular complexity index is 340. The molecule has 0 unspecified atom stereocenters. The maximum atomic E-state index is 12.4. The molecule has 0 aliphatic heterocycles. The second-order valence-corrected chi connectivity index (χ2v) is 5.56. The Morgan fingerprint density at radius 2 is 1.89 bits per heavy atom. The fourth-order valence-electron chi connectivity index (χ4n) is 1.95. The molecule has 1 saturated carbocycles. The summed E-state index contributed by atoms with van der Waals surface area (Å²) in [6.07, 6.45) is 3.53. The molecular formula is C13H24N2O4. The van der Waals surface area contributed by atoms with E-state index in [2.05, 4.69) is 0 Å². The molecular weight excluding hydrogens is 248 g/mol. The van der Waals surface area contributed by atoms with Crippen LogP contribution in [-0.4, -0.2) is 63.8 Å². The van der Waals surface area contributed by atoms with E-state index in [1.807, 2.05) is 0 Å². The number of nitrogens with zero attached hydrogens (tertiary/aromatic N) is 2. The minimum absolute atomic E-state index is 0.0303. The normalized spacial score (nSPS) is 15.8. The lowest BCUT2D eigenvalue weighted by atomic mass is 9.91. The van der Waals surface area contributed by atoms with E-state index in [4.69, 9.17) is 5.11 Å². The molecule has 0 radical (unpaired) electrons. The van der Waals surface area contributed by atoms with Gasteiger partial charge in [0.2, 0.25) is 0 Å². The Labute approximate surface area is 114 Å². The molecule has 110 valence electrons. The van der Waals surface area contributed by atoms with Crippen molar-refractivity contribution < 1.29 is 19.8 Å². The van der Waals surface area contributed by atoms with Crippen molar-refractivity contribution in [3.8, 4) is 0 Å². The molecule has 1 rings (SSSR count). The van der Waals surface area contributed by atoms with Crippen molar-refractivity contribution in [3.63, 3.8) is 0 Å². The van der Waals surface area contributed by atoms with Gasteiger partial charge in [-0.15, -0.1) is 0 Å². The number of carboxylic acid groups (broad SMARTS) is 1. The molecule has 0 spiro atoms. The average molecular weight is 272 g/mol. The molecule has 6 heteroatoms. The summed E-state index contributed by atoms with van der Waals surface area (Å²) in [7, 11) is 1.51. The molecule has 1 aliphatic carbocycles. The predicted octanol–water partition coefficient (Wildman–Crippen LogP) is 1.14. The third kappa shape index (κ3) is 3.37. The molecule has 0 aromatic heterocycles. The Kier molecular flexibility index (Phi) is 5.17. The summed E-state index contributed by atoms with van der Waals surface area (Å²) in [5, 5.41) is 18.1. The fourth-order valence-corrected chi connectivity index (χ4v) is 1.95. The highest BCUT2D eigenvalue weighted by Crippen LogP contribution is 2.27. The van der Waals surface area contributed by atoms with E-state index < -0.39 is 11.5 Å². The van der Waals surface area contributed by atoms with Crippen molar-refractivity contribution in [1.29, 1.82) is 0 Å². The number of likely N-dealkylation sites (N-methyl/N-ethyl adjacent to an activating group) is 1. The molecule has 0 atom stereocenters. The van der Waals surface area contributed by atoms with Gasteiger partial charge >= 0.3 is 12.0 Å². The van der Waals surface area contributed by atoms with Crippen LogP contribution in [0, 0.1) is 0 Å². The highest BCUT2D eigenvalue weighted by molar-refractivity contribution is 5.85. The fraction of sp³-hybridized carbons (Fsp3) is 0.846. The third-order valence-corrected chi connectivity index (χ3v) is 3.97. The highest BCUT2D eigenvalue weighted by atomic mass is 16.4. The number of carbonyl (C=O) groups excluding carboxylic acids is 1. The summed E-state index contributed by atoms with van der Waals surface area (Å²) in [4.78, 5) is 26.6. The van der Waals surface area contributed by atoms with E-state index in [1.165, 1.54) is 25.8 Å². The molecule has 0 bridgehead atoms. The molecule has 0 heterocycles. The van der Waals surface area contributed by atoms with Gasteiger partial charge in [-0.1, -0.05) is 0 Å². The lowest BCUT2D eigenvalue weighted by molar-refractivity contribution is -0.147. The van der Waals surface area contributed by atoms with Crippen molar-refractivity contribution in [2.75, 3.05) is 20.2 Å². The number of carbonyl (C=O) groups is 2. The Morgan fingerprint density at radius 3 is 2.26 bits per heavy atom. The zero-order valence-electron chi connectivity index (χ0n) is 11.9. The molecule has 6 nitrogen and oxygen atoms in total. The number of urea groups is 1. The maximum Gasteiger partial charge on any atom is 0.329 e. The zero-order chi connectivity index (χ0) is 14.6. The summed E-state index contributed by atoms with van der Waals surface area (Å²) in [5.41, 5.74) is -1.24. The van der Waals surface area contributed by atoms with Crippen LogP contribution < -0.4 is 0 Å². The monoisotopic (exact) mass is 272 g/mol. The van der Waals surface area contributed by atoms with Crippen LogP contribution >= 0.6 is 0 Å². The molecule has 0 saturated heterocycles. The topological polar surface area (TPSA) is 81.1 Å². The predicted molar refractivity (Wildman–Crippen MR) is 70.9 cm³/mol. The van der Waals surface area contributed by atoms with Crippen molar-refractivity contribution in [3.05, 3.63) is 0 Å². The average Bonchev–Trinajstić information content (AvgIpc) is 2.29. The SMILES string of the molecule is CN(C(=O)N(CCCO)C1CCC1)C(C)(C)C(=O)O. The van der Waals surface area contributed by atoms with Crippen LogP contribution in [0.25, 0.3) is 0 Å². The van der Waals surface area contributed by atoms with Gasteiger partial charge in [0.1, 0.15) is 5.54 Å². The first kappa shape index (κ1) is 15.8. The highest BCUT2D eigenvalue weighted by Gasteiger charge is 2.39. The van der Waals surface area contributed by atoms with Gasteiger partial charge in [0, 0.05) is 26.2 Å². The summed E-state index contributed by atoms with van der Waals surface area (Å²) < 4.78 is 0. The zero-order valence-corrected chi connectivity index (χ0v) is 11.9. The van der Waals surface area contributed by atoms with Crippen LogP contribution in [0.2, 0.25) is 0 Å². The Morgan fingerprint density at radius 1 is 1.32 bits per heavy atom. The lowest BCUT2D eigenvalue weighted by Crippen LogP contribution is -2.58. The molecule has 2 amide bonds. The van der Waals surface area contributed by atoms with Crippen LogP contribution in [0.4, 0.5) is 4.79 Å². The Balaban J connectivity index is 2.77. The quantitative estimate of drug-likeness (QED) is 0.759. The second kappa shape index (κ2) is 6.23. The second-order valence-electron chi connectivity index (χ2n) is 5.56. The smallest absolute Gasteiger partial charge is 0.329 e. The molecule has 2 N–H and O–H groups in total. The van der Waals surface area contributed by atoms with Gasteiger partial charge in [-0.25, -0.2) is 9.59 Å². The van der Waals surface area contributed by atoms with Crippen LogP contribution in [0.1, 0.15) is 39.5 Å². The number of carboxylic acids is 1. The van der Waals surface area contributed by atoms with E-state index in [1.54, 1.807) is 4.90 Å². The molecule has 1 aliphatic rings. The third-order valence-electron chi connectivity index (χ3n) is 3.97. The first-order valence-electron chi connectivity index (χ1n) is 6.71. The van der Waals surface area contributed by atoms with E-state index in [0.717, 1.165) is 19.3 Å². The van der Waals surface area contributed by atoms with Crippen molar-refractivity contribution >= 4 is 12.0 Å². The van der Waals surface area contributed by atoms with Gasteiger partial charge in [0.05, 0.1) is 0 Å². The number of hydrogen-bond donors (Lipinski definition) is 2. The van der Waals surface area contributed by atoms with Crippen molar-refractivity contribution in [2.24, 2.45) is 0 Å². The van der Waals surface area contributed by atoms with E-state index in [-0.39, 0.29) is 18.7 Å². The van der Waals surface area contributed by atoms with E-state index >= 15 is 0 Å². The number of aliphatic hydroxyl groups is 1. The van der Waals surface area contributed by atoms with E-state index in [0.29, 0.717) is 13.0 Å². The van der Waals surface area contributed by atoms with Crippen LogP contribution in [0.3, 0.4) is 0 Å². The van der Waals surface area contributed by atoms with Gasteiger partial charge in [-0.3, -0.25) is 0 Å². The number of amides is 2. The van der Waals surface area contributed by atoms with Crippen molar-refractivity contribution in [1.82, 2.24) is 9.80 Å². The summed E-state index contributed by atoms with van der Waals surface area (Å²) in [5.74, 6) is -1.03. The first-order valence-corrected chi connectivity index (χ1v) is 6.71. The number of aliphatic hydroxyl groups excluding tert-OH is 1. The van der Waals surface area contributed by atoms with Crippen LogP contribution in [-0.2, 0) is 4.79 Å².